The van der Waals surface area contributed by atoms with E-state index in [-0.39, 0.29) is 17.7 Å². The lowest BCUT2D eigenvalue weighted by Crippen LogP contribution is -2.42. The van der Waals surface area contributed by atoms with Gasteiger partial charge in [0.2, 0.25) is 0 Å². The molecule has 0 bridgehead atoms. The van der Waals surface area contributed by atoms with Gasteiger partial charge in [0, 0.05) is 6.42 Å². The molecule has 1 aromatic carbocycles. The van der Waals surface area contributed by atoms with E-state index in [1.807, 2.05) is 6.07 Å². The number of hydrogen-bond donors (Lipinski definition) is 2. The number of hydrogen-bond acceptors (Lipinski definition) is 3. The molecule has 0 aliphatic carbocycles. The summed E-state index contributed by atoms with van der Waals surface area (Å²) in [4.78, 5) is 0. The Hall–Kier alpha value is -0.103. The Morgan fingerprint density at radius 3 is 2.23 bits per heavy atom. The minimum Gasteiger partial charge on any atom is -0.410 e. The van der Waals surface area contributed by atoms with E-state index < -0.39 is 14.4 Å². The Bertz CT molecular complexity index is 501. The van der Waals surface area contributed by atoms with E-state index in [1.54, 1.807) is 12.1 Å². The summed E-state index contributed by atoms with van der Waals surface area (Å²) in [5.41, 5.74) is 0.867. The molecule has 0 aliphatic rings. The minimum absolute atomic E-state index is 0.0473. The van der Waals surface area contributed by atoms with E-state index in [0.29, 0.717) is 16.5 Å². The third-order valence-electron chi connectivity index (χ3n) is 4.26. The smallest absolute Gasteiger partial charge is 0.192 e. The van der Waals surface area contributed by atoms with Gasteiger partial charge in [0.15, 0.2) is 8.32 Å². The van der Waals surface area contributed by atoms with Crippen molar-refractivity contribution < 1.29 is 14.6 Å². The van der Waals surface area contributed by atoms with E-state index in [9.17, 15) is 5.11 Å². The summed E-state index contributed by atoms with van der Waals surface area (Å²) in [6.45, 7) is 10.5. The van der Waals surface area contributed by atoms with Gasteiger partial charge in [0.05, 0.1) is 28.9 Å². The summed E-state index contributed by atoms with van der Waals surface area (Å²) < 4.78 is 6.42. The van der Waals surface area contributed by atoms with Crippen LogP contribution in [0.25, 0.3) is 0 Å². The van der Waals surface area contributed by atoms with Crippen molar-refractivity contribution in [3.8, 4) is 0 Å². The second-order valence-corrected chi connectivity index (χ2v) is 12.7. The van der Waals surface area contributed by atoms with Crippen LogP contribution < -0.4 is 0 Å². The van der Waals surface area contributed by atoms with Gasteiger partial charge >= 0.3 is 0 Å². The average Bonchev–Trinajstić information content (AvgIpc) is 2.39. The lowest BCUT2D eigenvalue weighted by molar-refractivity contribution is 0.0452. The molecule has 0 spiro atoms. The minimum atomic E-state index is -2.03. The Kier molecular flexibility index (Phi) is 6.93. The van der Waals surface area contributed by atoms with Gasteiger partial charge < -0.3 is 14.6 Å². The van der Waals surface area contributed by atoms with E-state index in [2.05, 4.69) is 33.9 Å². The van der Waals surface area contributed by atoms with Crippen LogP contribution in [0.4, 0.5) is 0 Å². The Balaban J connectivity index is 3.10. The molecule has 0 radical (unpaired) electrons. The molecular formula is C16H26Cl2O3Si. The first-order valence-electron chi connectivity index (χ1n) is 7.39. The maximum Gasteiger partial charge on any atom is 0.192 e. The molecule has 0 aliphatic heterocycles. The highest BCUT2D eigenvalue weighted by Crippen LogP contribution is 2.41. The van der Waals surface area contributed by atoms with Gasteiger partial charge in [-0.15, -0.1) is 0 Å². The molecule has 0 aromatic heterocycles. The third-order valence-corrected chi connectivity index (χ3v) is 9.48. The first-order chi connectivity index (χ1) is 9.98. The molecule has 0 amide bonds. The van der Waals surface area contributed by atoms with Gasteiger partial charge in [-0.3, -0.25) is 0 Å². The van der Waals surface area contributed by atoms with Crippen LogP contribution in [0.2, 0.25) is 28.2 Å². The largest absolute Gasteiger partial charge is 0.410 e. The number of rotatable bonds is 6. The van der Waals surface area contributed by atoms with Crippen LogP contribution in [0.15, 0.2) is 18.2 Å². The summed E-state index contributed by atoms with van der Waals surface area (Å²) in [5.74, 6) is 0. The third kappa shape index (κ3) is 5.22. The number of halogens is 2. The van der Waals surface area contributed by atoms with Crippen LogP contribution in [0.5, 0.6) is 0 Å². The topological polar surface area (TPSA) is 49.7 Å². The molecule has 1 unspecified atom stereocenters. The van der Waals surface area contributed by atoms with Gasteiger partial charge in [0.25, 0.3) is 0 Å². The quantitative estimate of drug-likeness (QED) is 0.712. The molecule has 2 atom stereocenters. The predicted octanol–water partition coefficient (Wildman–Crippen LogP) is 4.80. The van der Waals surface area contributed by atoms with Crippen LogP contribution in [-0.2, 0) is 4.43 Å². The van der Waals surface area contributed by atoms with Crippen molar-refractivity contribution in [1.82, 2.24) is 0 Å². The van der Waals surface area contributed by atoms with Crippen molar-refractivity contribution in [2.75, 3.05) is 6.61 Å². The maximum absolute atomic E-state index is 9.84. The standard InChI is InChI=1S/C16H26Cl2O3Si/c1-16(2,3)22(4,5)21-15(9-12(20)10-19)11-6-7-13(17)14(18)8-11/h6-8,12,15,19-20H,9-10H2,1-5H3/t12-,15?/m1/s1. The number of aliphatic hydroxyl groups excluding tert-OH is 2. The van der Waals surface area contributed by atoms with Gasteiger partial charge in [-0.1, -0.05) is 50.0 Å². The van der Waals surface area contributed by atoms with E-state index in [4.69, 9.17) is 32.7 Å². The van der Waals surface area contributed by atoms with Crippen LogP contribution in [0, 0.1) is 0 Å². The van der Waals surface area contributed by atoms with E-state index in [0.717, 1.165) is 5.56 Å². The van der Waals surface area contributed by atoms with Crippen molar-refractivity contribution >= 4 is 31.5 Å². The van der Waals surface area contributed by atoms with E-state index in [1.165, 1.54) is 0 Å². The highest BCUT2D eigenvalue weighted by Gasteiger charge is 2.39. The molecule has 6 heteroatoms. The van der Waals surface area contributed by atoms with Crippen LogP contribution in [-0.4, -0.2) is 31.2 Å². The molecule has 0 saturated heterocycles. The fourth-order valence-corrected chi connectivity index (χ4v) is 3.42. The number of benzene rings is 1. The molecule has 1 aromatic rings. The molecule has 126 valence electrons. The molecule has 22 heavy (non-hydrogen) atoms. The van der Waals surface area contributed by atoms with Crippen molar-refractivity contribution in [2.24, 2.45) is 0 Å². The summed E-state index contributed by atoms with van der Waals surface area (Å²) >= 11 is 12.1. The van der Waals surface area contributed by atoms with Crippen LogP contribution in [0.3, 0.4) is 0 Å². The molecule has 2 N–H and O–H groups in total. The summed E-state index contributed by atoms with van der Waals surface area (Å²) in [6, 6.07) is 5.36. The maximum atomic E-state index is 9.84. The van der Waals surface area contributed by atoms with Crippen molar-refractivity contribution in [3.05, 3.63) is 33.8 Å². The van der Waals surface area contributed by atoms with Crippen molar-refractivity contribution in [3.63, 3.8) is 0 Å². The zero-order valence-corrected chi connectivity index (χ0v) is 16.4. The molecule has 0 saturated carbocycles. The fourth-order valence-electron chi connectivity index (χ4n) is 1.82. The predicted molar refractivity (Wildman–Crippen MR) is 95.2 cm³/mol. The van der Waals surface area contributed by atoms with Gasteiger partial charge in [-0.05, 0) is 35.8 Å². The molecular weight excluding hydrogens is 339 g/mol. The fraction of sp³-hybridized carbons (Fsp3) is 0.625. The first kappa shape index (κ1) is 19.9. The Morgan fingerprint density at radius 2 is 1.77 bits per heavy atom. The highest BCUT2D eigenvalue weighted by molar-refractivity contribution is 6.74. The molecule has 3 nitrogen and oxygen atoms in total. The van der Waals surface area contributed by atoms with E-state index >= 15 is 0 Å². The van der Waals surface area contributed by atoms with Crippen molar-refractivity contribution in [1.29, 1.82) is 0 Å². The van der Waals surface area contributed by atoms with Crippen LogP contribution >= 0.6 is 23.2 Å². The Morgan fingerprint density at radius 1 is 1.18 bits per heavy atom. The molecule has 1 rings (SSSR count). The normalized spacial score (nSPS) is 15.7. The van der Waals surface area contributed by atoms with Gasteiger partial charge in [0.1, 0.15) is 0 Å². The summed E-state index contributed by atoms with van der Waals surface area (Å²) in [5, 5.41) is 20.0. The lowest BCUT2D eigenvalue weighted by atomic mass is 10.0. The SMILES string of the molecule is CC(C)(C)[Si](C)(C)OC(C[C@@H](O)CO)c1ccc(Cl)c(Cl)c1. The zero-order chi connectivity index (χ0) is 17.1. The van der Waals surface area contributed by atoms with Crippen molar-refractivity contribution in [2.45, 2.75) is 57.5 Å². The molecule has 0 heterocycles. The lowest BCUT2D eigenvalue weighted by Gasteiger charge is -2.40. The zero-order valence-electron chi connectivity index (χ0n) is 13.9. The summed E-state index contributed by atoms with van der Waals surface area (Å²) in [7, 11) is -2.03. The van der Waals surface area contributed by atoms with Gasteiger partial charge in [-0.25, -0.2) is 0 Å². The molecule has 0 fully saturated rings. The van der Waals surface area contributed by atoms with Crippen LogP contribution in [0.1, 0.15) is 38.9 Å². The Labute approximate surface area is 144 Å². The highest BCUT2D eigenvalue weighted by atomic mass is 35.5. The number of aliphatic hydroxyl groups is 2. The second-order valence-electron chi connectivity index (χ2n) is 7.11. The average molecular weight is 365 g/mol. The van der Waals surface area contributed by atoms with Gasteiger partial charge in [-0.2, -0.15) is 0 Å². The monoisotopic (exact) mass is 364 g/mol. The second kappa shape index (κ2) is 7.64. The summed E-state index contributed by atoms with van der Waals surface area (Å²) in [6.07, 6.45) is -0.830. The first-order valence-corrected chi connectivity index (χ1v) is 11.1.